The fourth-order valence-electron chi connectivity index (χ4n) is 4.67. The number of hydrogen-bond donors (Lipinski definition) is 3. The van der Waals surface area contributed by atoms with E-state index in [9.17, 15) is 19.8 Å². The van der Waals surface area contributed by atoms with E-state index in [1.807, 2.05) is 55.5 Å². The number of carbonyl (C=O) groups excluding carboxylic acids is 2. The van der Waals surface area contributed by atoms with Crippen molar-refractivity contribution in [1.29, 1.82) is 0 Å². The zero-order chi connectivity index (χ0) is 27.6. The van der Waals surface area contributed by atoms with E-state index in [1.165, 1.54) is 0 Å². The minimum atomic E-state index is -0.708. The van der Waals surface area contributed by atoms with Crippen LogP contribution in [0, 0.1) is 11.8 Å². The quantitative estimate of drug-likeness (QED) is 0.0681. The van der Waals surface area contributed by atoms with E-state index >= 15 is 0 Å². The molecular formula is C30H44INO6. The second kappa shape index (κ2) is 19.2. The van der Waals surface area contributed by atoms with Crippen LogP contribution in [0.3, 0.4) is 0 Å². The maximum absolute atomic E-state index is 12.3. The predicted molar refractivity (Wildman–Crippen MR) is 158 cm³/mol. The molecule has 3 N–H and O–H groups in total. The van der Waals surface area contributed by atoms with Crippen LogP contribution in [0.25, 0.3) is 0 Å². The molecule has 7 nitrogen and oxygen atoms in total. The molecule has 1 saturated carbocycles. The van der Waals surface area contributed by atoms with Crippen molar-refractivity contribution >= 4 is 34.7 Å². The number of nitrogens with one attached hydrogen (secondary N) is 1. The first-order valence-corrected chi connectivity index (χ1v) is 15.4. The molecule has 0 heterocycles. The van der Waals surface area contributed by atoms with Gasteiger partial charge in [-0.05, 0) is 67.8 Å². The van der Waals surface area contributed by atoms with Crippen molar-refractivity contribution in [1.82, 2.24) is 5.32 Å². The molecule has 0 saturated heterocycles. The highest BCUT2D eigenvalue weighted by molar-refractivity contribution is 14.1. The van der Waals surface area contributed by atoms with Gasteiger partial charge in [-0.2, -0.15) is 0 Å². The van der Waals surface area contributed by atoms with Crippen LogP contribution in [0.15, 0.2) is 54.6 Å². The summed E-state index contributed by atoms with van der Waals surface area (Å²) in [5.41, 5.74) is 1.16. The molecule has 1 fully saturated rings. The molecular weight excluding hydrogens is 597 g/mol. The molecule has 0 spiro atoms. The van der Waals surface area contributed by atoms with Gasteiger partial charge in [-0.1, -0.05) is 77.2 Å². The Kier molecular flexibility index (Phi) is 16.3. The zero-order valence-corrected chi connectivity index (χ0v) is 24.6. The summed E-state index contributed by atoms with van der Waals surface area (Å²) in [5.74, 6) is -0.327. The van der Waals surface area contributed by atoms with E-state index in [-0.39, 0.29) is 17.7 Å². The van der Waals surface area contributed by atoms with E-state index in [0.717, 1.165) is 42.1 Å². The molecule has 1 aromatic rings. The predicted octanol–water partition coefficient (Wildman–Crippen LogP) is 5.52. The zero-order valence-electron chi connectivity index (χ0n) is 22.5. The lowest BCUT2D eigenvalue weighted by molar-refractivity contribution is -0.121. The van der Waals surface area contributed by atoms with Crippen LogP contribution in [-0.4, -0.2) is 58.2 Å². The number of hydrogen-bond acceptors (Lipinski definition) is 6. The van der Waals surface area contributed by atoms with Gasteiger partial charge in [0, 0.05) is 25.3 Å². The van der Waals surface area contributed by atoms with Gasteiger partial charge in [-0.3, -0.25) is 4.79 Å². The molecule has 1 aliphatic rings. The molecule has 0 aliphatic heterocycles. The lowest BCUT2D eigenvalue weighted by Gasteiger charge is -2.22. The number of allylic oxidation sites excluding steroid dienone is 2. The second-order valence-corrected chi connectivity index (χ2v) is 10.8. The summed E-state index contributed by atoms with van der Waals surface area (Å²) in [6.45, 7) is 2.86. The van der Waals surface area contributed by atoms with Crippen LogP contribution in [-0.2, 0) is 20.7 Å². The summed E-state index contributed by atoms with van der Waals surface area (Å²) >= 11 is 2.29. The van der Waals surface area contributed by atoms with Crippen molar-refractivity contribution in [2.24, 2.45) is 11.8 Å². The third kappa shape index (κ3) is 12.8. The van der Waals surface area contributed by atoms with Crippen LogP contribution in [0.5, 0.6) is 0 Å². The Morgan fingerprint density at radius 3 is 2.71 bits per heavy atom. The van der Waals surface area contributed by atoms with E-state index in [1.54, 1.807) is 6.08 Å². The molecule has 0 unspecified atom stereocenters. The Bertz CT molecular complexity index is 862. The summed E-state index contributed by atoms with van der Waals surface area (Å²) in [4.78, 5) is 23.9. The maximum Gasteiger partial charge on any atom is 0.508 e. The number of amides is 1. The smallest absolute Gasteiger partial charge is 0.434 e. The van der Waals surface area contributed by atoms with Gasteiger partial charge in [0.05, 0.1) is 18.8 Å². The normalized spacial score (nSPS) is 22.1. The van der Waals surface area contributed by atoms with Crippen molar-refractivity contribution in [2.45, 2.75) is 83.0 Å². The first-order valence-electron chi connectivity index (χ1n) is 13.8. The molecule has 38 heavy (non-hydrogen) atoms. The van der Waals surface area contributed by atoms with Crippen molar-refractivity contribution in [2.75, 3.05) is 17.6 Å². The molecule has 5 atom stereocenters. The summed E-state index contributed by atoms with van der Waals surface area (Å²) in [6, 6.07) is 10.0. The Morgan fingerprint density at radius 2 is 1.97 bits per heavy atom. The number of benzene rings is 1. The van der Waals surface area contributed by atoms with E-state index < -0.39 is 24.5 Å². The highest BCUT2D eigenvalue weighted by atomic mass is 127. The first kappa shape index (κ1) is 32.3. The Morgan fingerprint density at radius 1 is 1.18 bits per heavy atom. The van der Waals surface area contributed by atoms with Gasteiger partial charge < -0.3 is 25.0 Å². The minimum Gasteiger partial charge on any atom is -0.434 e. The van der Waals surface area contributed by atoms with Crippen molar-refractivity contribution in [3.63, 3.8) is 0 Å². The van der Waals surface area contributed by atoms with Gasteiger partial charge in [-0.15, -0.1) is 0 Å². The Labute approximate surface area is 241 Å². The number of aliphatic hydroxyl groups is 2. The average molecular weight is 642 g/mol. The number of alkyl halides is 1. The summed E-state index contributed by atoms with van der Waals surface area (Å²) in [5, 5.41) is 24.2. The summed E-state index contributed by atoms with van der Waals surface area (Å²) < 4.78 is 11.9. The van der Waals surface area contributed by atoms with Crippen LogP contribution < -0.4 is 5.32 Å². The third-order valence-electron chi connectivity index (χ3n) is 6.74. The Balaban J connectivity index is 1.96. The highest BCUT2D eigenvalue weighted by Crippen LogP contribution is 2.38. The fourth-order valence-corrected chi connectivity index (χ4v) is 5.21. The lowest BCUT2D eigenvalue weighted by Crippen LogP contribution is -2.25. The minimum absolute atomic E-state index is 0.0595. The van der Waals surface area contributed by atoms with Gasteiger partial charge >= 0.3 is 6.16 Å². The number of rotatable bonds is 17. The standard InChI is InChI=1S/C30H44INO6/c1-2-32-29(35)15-9-4-3-8-14-25-26(19-18-24(33)17-16-23-12-6-5-7-13-23)28(22-27(25)34)38-30(36)37-21-11-10-20-31/h3,5-8,12-13,18-19,24-28,33-34H,2,4,9-11,14-17,20-22H2,1H3,(H,32,35)/t24-,25+,26+,27-,28+/m0/s1. The SMILES string of the molecule is CCNC(=O)CCCC=CC[C@@H]1[C@@H](C=C[C@@H](O)CCc2ccccc2)[C@H](OC(=O)OCCCCI)C[C@@H]1O. The summed E-state index contributed by atoms with van der Waals surface area (Å²) in [6.07, 6.45) is 11.3. The lowest BCUT2D eigenvalue weighted by atomic mass is 9.89. The highest BCUT2D eigenvalue weighted by Gasteiger charge is 2.43. The molecule has 2 rings (SSSR count). The van der Waals surface area contributed by atoms with Gasteiger partial charge in [0.2, 0.25) is 5.91 Å². The number of halogens is 1. The number of aryl methyl sites for hydroxylation is 1. The third-order valence-corrected chi connectivity index (χ3v) is 7.50. The number of aliphatic hydroxyl groups excluding tert-OH is 2. The van der Waals surface area contributed by atoms with Crippen LogP contribution in [0.1, 0.15) is 63.9 Å². The topological polar surface area (TPSA) is 105 Å². The van der Waals surface area contributed by atoms with Crippen molar-refractivity contribution in [3.8, 4) is 0 Å². The molecule has 212 valence electrons. The van der Waals surface area contributed by atoms with E-state index in [0.29, 0.717) is 38.8 Å². The number of unbranched alkanes of at least 4 members (excludes halogenated alkanes) is 2. The van der Waals surface area contributed by atoms with Crippen LogP contribution in [0.2, 0.25) is 0 Å². The van der Waals surface area contributed by atoms with Crippen molar-refractivity contribution < 1.29 is 29.3 Å². The molecule has 1 amide bonds. The van der Waals surface area contributed by atoms with Crippen LogP contribution >= 0.6 is 22.6 Å². The molecule has 0 radical (unpaired) electrons. The molecule has 1 aromatic carbocycles. The van der Waals surface area contributed by atoms with Crippen molar-refractivity contribution in [3.05, 3.63) is 60.2 Å². The number of carbonyl (C=O) groups is 2. The number of ether oxygens (including phenoxy) is 2. The maximum atomic E-state index is 12.3. The first-order chi connectivity index (χ1) is 18.4. The monoisotopic (exact) mass is 641 g/mol. The van der Waals surface area contributed by atoms with Gasteiger partial charge in [0.1, 0.15) is 6.10 Å². The fraction of sp³-hybridized carbons (Fsp3) is 0.600. The molecule has 1 aliphatic carbocycles. The largest absolute Gasteiger partial charge is 0.508 e. The van der Waals surface area contributed by atoms with E-state index in [4.69, 9.17) is 9.47 Å². The second-order valence-electron chi connectivity index (χ2n) is 9.72. The van der Waals surface area contributed by atoms with Gasteiger partial charge in [-0.25, -0.2) is 4.79 Å². The van der Waals surface area contributed by atoms with Gasteiger partial charge in [0.15, 0.2) is 0 Å². The molecule has 8 heteroatoms. The molecule has 0 bridgehead atoms. The molecule has 0 aromatic heterocycles. The average Bonchev–Trinajstić information content (AvgIpc) is 3.20. The Hall–Kier alpha value is -1.91. The van der Waals surface area contributed by atoms with E-state index in [2.05, 4.69) is 27.9 Å². The summed E-state index contributed by atoms with van der Waals surface area (Å²) in [7, 11) is 0. The van der Waals surface area contributed by atoms with Crippen LogP contribution in [0.4, 0.5) is 4.79 Å². The van der Waals surface area contributed by atoms with Gasteiger partial charge in [0.25, 0.3) is 0 Å².